The highest BCUT2D eigenvalue weighted by Crippen LogP contribution is 2.51. The largest absolute Gasteiger partial charge is 0.291 e. The van der Waals surface area contributed by atoms with Gasteiger partial charge in [0.05, 0.1) is 0 Å². The van der Waals surface area contributed by atoms with Gasteiger partial charge < -0.3 is 0 Å². The van der Waals surface area contributed by atoms with Gasteiger partial charge in [0, 0.05) is 24.0 Å². The van der Waals surface area contributed by atoms with Crippen LogP contribution in [0.1, 0.15) is 38.3 Å². The van der Waals surface area contributed by atoms with Crippen molar-refractivity contribution >= 4 is 0 Å². The van der Waals surface area contributed by atoms with Crippen LogP contribution >= 0.6 is 0 Å². The lowest BCUT2D eigenvalue weighted by Gasteiger charge is -2.41. The third-order valence-corrected chi connectivity index (χ3v) is 5.20. The van der Waals surface area contributed by atoms with Crippen molar-refractivity contribution < 1.29 is 8.78 Å². The number of hydrogen-bond acceptors (Lipinski definition) is 1. The zero-order chi connectivity index (χ0) is 13.6. The van der Waals surface area contributed by atoms with Gasteiger partial charge in [0.15, 0.2) is 0 Å². The Bertz CT molecular complexity index is 432. The van der Waals surface area contributed by atoms with Crippen molar-refractivity contribution in [3.63, 3.8) is 0 Å². The Hall–Kier alpha value is -0.960. The monoisotopic (exact) mass is 265 g/mol. The second-order valence-electron chi connectivity index (χ2n) is 6.06. The molecule has 1 saturated carbocycles. The fraction of sp³-hybridized carbons (Fsp3) is 0.625. The first-order chi connectivity index (χ1) is 9.09. The van der Waals surface area contributed by atoms with Crippen molar-refractivity contribution in [3.05, 3.63) is 35.9 Å². The molecule has 1 aromatic rings. The quantitative estimate of drug-likeness (QED) is 0.795. The minimum absolute atomic E-state index is 0.177. The zero-order valence-corrected chi connectivity index (χ0v) is 11.5. The Balaban J connectivity index is 1.78. The molecule has 3 rings (SSSR count). The second kappa shape index (κ2) is 4.86. The van der Waals surface area contributed by atoms with Crippen LogP contribution in [0.3, 0.4) is 0 Å². The molecule has 1 aliphatic carbocycles. The average Bonchev–Trinajstić information content (AvgIpc) is 2.97. The molecule has 2 aliphatic rings. The molecule has 0 spiro atoms. The summed E-state index contributed by atoms with van der Waals surface area (Å²) in [6.07, 6.45) is -0.524. The summed E-state index contributed by atoms with van der Waals surface area (Å²) in [5.41, 5.74) is 1.29. The van der Waals surface area contributed by atoms with E-state index < -0.39 is 6.43 Å². The average molecular weight is 265 g/mol. The number of likely N-dealkylation sites (tertiary alicyclic amines) is 1. The SMILES string of the molecule is C[C@@H](c1ccccc1)N1[C@@H]2C[C@@H]([C@@H](C(F)F)C2)[C@@H]1C. The van der Waals surface area contributed by atoms with Crippen molar-refractivity contribution in [3.8, 4) is 0 Å². The lowest BCUT2D eigenvalue weighted by Crippen LogP contribution is -2.44. The van der Waals surface area contributed by atoms with Gasteiger partial charge in [0.1, 0.15) is 0 Å². The van der Waals surface area contributed by atoms with Gasteiger partial charge in [-0.05, 0) is 38.2 Å². The van der Waals surface area contributed by atoms with Crippen molar-refractivity contribution in [2.24, 2.45) is 11.8 Å². The van der Waals surface area contributed by atoms with E-state index in [1.165, 1.54) is 5.56 Å². The molecule has 1 aromatic carbocycles. The molecule has 0 aromatic heterocycles. The summed E-state index contributed by atoms with van der Waals surface area (Å²) in [6, 6.07) is 11.3. The molecule has 1 heterocycles. The molecule has 2 fully saturated rings. The topological polar surface area (TPSA) is 3.24 Å². The molecular formula is C16H21F2N. The molecule has 1 aliphatic heterocycles. The lowest BCUT2D eigenvalue weighted by atomic mass is 9.87. The van der Waals surface area contributed by atoms with Crippen molar-refractivity contribution in [2.45, 2.75) is 51.2 Å². The maximum atomic E-state index is 13.0. The standard InChI is InChI=1S/C16H21F2N/c1-10(12-6-4-3-5-7-12)19-11(2)14-8-13(19)9-15(14)16(17)18/h3-7,10-11,13-16H,8-9H2,1-2H3/t10-,11-,13+,14+,15-/m0/s1. The highest BCUT2D eigenvalue weighted by molar-refractivity contribution is 5.20. The van der Waals surface area contributed by atoms with Crippen LogP contribution in [0.5, 0.6) is 0 Å². The number of alkyl halides is 2. The van der Waals surface area contributed by atoms with Gasteiger partial charge in [-0.15, -0.1) is 0 Å². The third-order valence-electron chi connectivity index (χ3n) is 5.20. The highest BCUT2D eigenvalue weighted by atomic mass is 19.3. The van der Waals surface area contributed by atoms with Crippen LogP contribution in [0.2, 0.25) is 0 Å². The van der Waals surface area contributed by atoms with E-state index >= 15 is 0 Å². The van der Waals surface area contributed by atoms with Gasteiger partial charge in [-0.1, -0.05) is 30.3 Å². The Labute approximate surface area is 113 Å². The van der Waals surface area contributed by atoms with Gasteiger partial charge in [-0.3, -0.25) is 4.90 Å². The van der Waals surface area contributed by atoms with E-state index in [2.05, 4.69) is 30.9 Å². The molecule has 0 radical (unpaired) electrons. The number of rotatable bonds is 3. The number of fused-ring (bicyclic) bond motifs is 2. The van der Waals surface area contributed by atoms with Gasteiger partial charge in [-0.2, -0.15) is 0 Å². The van der Waals surface area contributed by atoms with Gasteiger partial charge >= 0.3 is 0 Å². The molecule has 3 heteroatoms. The van der Waals surface area contributed by atoms with E-state index in [-0.39, 0.29) is 17.9 Å². The van der Waals surface area contributed by atoms with Crippen LogP contribution in [0.15, 0.2) is 30.3 Å². The van der Waals surface area contributed by atoms with Gasteiger partial charge in [0.2, 0.25) is 6.43 Å². The third kappa shape index (κ3) is 2.08. The number of piperidine rings is 1. The van der Waals surface area contributed by atoms with Crippen LogP contribution in [-0.2, 0) is 0 Å². The summed E-state index contributed by atoms with van der Waals surface area (Å²) in [7, 11) is 0. The zero-order valence-electron chi connectivity index (χ0n) is 11.5. The first-order valence-electron chi connectivity index (χ1n) is 7.20. The van der Waals surface area contributed by atoms with E-state index in [0.29, 0.717) is 18.5 Å². The molecule has 2 bridgehead atoms. The Kier molecular flexibility index (Phi) is 3.34. The van der Waals surface area contributed by atoms with Crippen LogP contribution in [0.4, 0.5) is 8.78 Å². The Morgan fingerprint density at radius 2 is 1.84 bits per heavy atom. The van der Waals surface area contributed by atoms with Crippen molar-refractivity contribution in [1.29, 1.82) is 0 Å². The molecule has 0 unspecified atom stereocenters. The molecule has 1 nitrogen and oxygen atoms in total. The van der Waals surface area contributed by atoms with E-state index in [4.69, 9.17) is 0 Å². The first-order valence-corrected chi connectivity index (χ1v) is 7.20. The van der Waals surface area contributed by atoms with Crippen LogP contribution in [-0.4, -0.2) is 23.4 Å². The number of benzene rings is 1. The Morgan fingerprint density at radius 1 is 1.16 bits per heavy atom. The van der Waals surface area contributed by atoms with Crippen LogP contribution < -0.4 is 0 Å². The summed E-state index contributed by atoms with van der Waals surface area (Å²) in [4.78, 5) is 2.46. The predicted octanol–water partition coefficient (Wildman–Crippen LogP) is 4.11. The van der Waals surface area contributed by atoms with Crippen LogP contribution in [0.25, 0.3) is 0 Å². The minimum Gasteiger partial charge on any atom is -0.291 e. The second-order valence-corrected chi connectivity index (χ2v) is 6.06. The summed E-state index contributed by atoms with van der Waals surface area (Å²) in [5.74, 6) is -0.199. The van der Waals surface area contributed by atoms with Crippen molar-refractivity contribution in [1.82, 2.24) is 4.90 Å². The maximum absolute atomic E-state index is 13.0. The van der Waals surface area contributed by atoms with Gasteiger partial charge in [-0.25, -0.2) is 8.78 Å². The molecule has 0 N–H and O–H groups in total. The number of hydrogen-bond donors (Lipinski definition) is 0. The lowest BCUT2D eigenvalue weighted by molar-refractivity contribution is -0.00450. The van der Waals surface area contributed by atoms with E-state index in [1.807, 2.05) is 18.2 Å². The number of nitrogens with zero attached hydrogens (tertiary/aromatic N) is 1. The molecule has 5 atom stereocenters. The van der Waals surface area contributed by atoms with Crippen molar-refractivity contribution in [2.75, 3.05) is 0 Å². The van der Waals surface area contributed by atoms with E-state index in [1.54, 1.807) is 0 Å². The smallest absolute Gasteiger partial charge is 0.241 e. The van der Waals surface area contributed by atoms with Crippen LogP contribution in [0, 0.1) is 11.8 Å². The summed E-state index contributed by atoms with van der Waals surface area (Å²) >= 11 is 0. The van der Waals surface area contributed by atoms with E-state index in [9.17, 15) is 8.78 Å². The molecule has 104 valence electrons. The summed E-state index contributed by atoms with van der Waals surface area (Å²) < 4.78 is 26.0. The molecule has 1 saturated heterocycles. The minimum atomic E-state index is -2.15. The Morgan fingerprint density at radius 3 is 2.42 bits per heavy atom. The number of halogens is 2. The van der Waals surface area contributed by atoms with E-state index in [0.717, 1.165) is 6.42 Å². The molecular weight excluding hydrogens is 244 g/mol. The molecule has 19 heavy (non-hydrogen) atoms. The highest BCUT2D eigenvalue weighted by Gasteiger charge is 2.53. The maximum Gasteiger partial charge on any atom is 0.241 e. The molecule has 0 amide bonds. The fourth-order valence-corrected chi connectivity index (χ4v) is 4.29. The normalized spacial score (nSPS) is 36.1. The first kappa shape index (κ1) is 13.0. The predicted molar refractivity (Wildman–Crippen MR) is 72.2 cm³/mol. The summed E-state index contributed by atoms with van der Waals surface area (Å²) in [6.45, 7) is 4.32. The van der Waals surface area contributed by atoms with Gasteiger partial charge in [0.25, 0.3) is 0 Å². The fourth-order valence-electron chi connectivity index (χ4n) is 4.29. The summed E-state index contributed by atoms with van der Waals surface area (Å²) in [5, 5.41) is 0.